The highest BCUT2D eigenvalue weighted by Crippen LogP contribution is 2.27. The number of rotatable bonds is 9. The molecule has 0 atom stereocenters. The summed E-state index contributed by atoms with van der Waals surface area (Å²) in [4.78, 5) is 20.1. The smallest absolute Gasteiger partial charge is 0.341 e. The van der Waals surface area contributed by atoms with E-state index in [1.165, 1.54) is 45.7 Å². The Bertz CT molecular complexity index is 1120. The number of carbonyl (C=O) groups is 1. The first-order valence-electron chi connectivity index (χ1n) is 9.69. The SMILES string of the molecule is COC(=O)c1cnc(Nc2cc(C(F)F)cc(NCc3cc(OC)cc(OC)c3)n2)cc1N. The lowest BCUT2D eigenvalue weighted by atomic mass is 10.2. The van der Waals surface area contributed by atoms with Gasteiger partial charge >= 0.3 is 5.97 Å². The number of alkyl halides is 2. The van der Waals surface area contributed by atoms with Gasteiger partial charge in [-0.25, -0.2) is 23.5 Å². The molecular formula is C22H23F2N5O4. The van der Waals surface area contributed by atoms with Gasteiger partial charge in [-0.2, -0.15) is 0 Å². The topological polar surface area (TPSA) is 121 Å². The molecule has 3 rings (SSSR count). The van der Waals surface area contributed by atoms with Gasteiger partial charge in [0.15, 0.2) is 0 Å². The summed E-state index contributed by atoms with van der Waals surface area (Å²) in [6.07, 6.45) is -1.48. The van der Waals surface area contributed by atoms with E-state index in [1.807, 2.05) is 0 Å². The quantitative estimate of drug-likeness (QED) is 0.405. The summed E-state index contributed by atoms with van der Waals surface area (Å²) in [5.41, 5.74) is 6.64. The summed E-state index contributed by atoms with van der Waals surface area (Å²) in [5, 5.41) is 5.86. The fourth-order valence-electron chi connectivity index (χ4n) is 2.94. The molecule has 4 N–H and O–H groups in total. The zero-order valence-electron chi connectivity index (χ0n) is 18.2. The van der Waals surface area contributed by atoms with Crippen molar-refractivity contribution in [2.45, 2.75) is 13.0 Å². The number of nitrogen functional groups attached to an aromatic ring is 1. The number of nitrogens with two attached hydrogens (primary N) is 1. The van der Waals surface area contributed by atoms with Crippen LogP contribution in [-0.4, -0.2) is 37.3 Å². The number of pyridine rings is 2. The standard InChI is InChI=1S/C22H23F2N5O4/c1-31-14-4-12(5-15(8-14)32-2)10-26-18-6-13(21(23)24)7-20(28-18)29-19-9-17(25)16(11-27-19)22(30)33-3/h4-9,11,21H,10H2,1-3H3,(H4,25,26,27,28,29). The highest BCUT2D eigenvalue weighted by molar-refractivity contribution is 5.95. The van der Waals surface area contributed by atoms with E-state index in [0.717, 1.165) is 5.56 Å². The van der Waals surface area contributed by atoms with Crippen LogP contribution >= 0.6 is 0 Å². The Hall–Kier alpha value is -4.15. The molecule has 0 aliphatic heterocycles. The largest absolute Gasteiger partial charge is 0.497 e. The molecule has 1 aromatic carbocycles. The molecule has 0 amide bonds. The van der Waals surface area contributed by atoms with Crippen molar-refractivity contribution in [2.75, 3.05) is 37.7 Å². The molecule has 11 heteroatoms. The molecule has 0 bridgehead atoms. The first-order chi connectivity index (χ1) is 15.8. The number of halogens is 2. The molecule has 0 aliphatic rings. The van der Waals surface area contributed by atoms with Crippen LogP contribution in [0.15, 0.2) is 42.6 Å². The Morgan fingerprint density at radius 1 is 1.00 bits per heavy atom. The minimum Gasteiger partial charge on any atom is -0.497 e. The Labute approximate surface area is 188 Å². The molecular weight excluding hydrogens is 436 g/mol. The Kier molecular flexibility index (Phi) is 7.44. The highest BCUT2D eigenvalue weighted by Gasteiger charge is 2.14. The van der Waals surface area contributed by atoms with E-state index < -0.39 is 12.4 Å². The number of esters is 1. The van der Waals surface area contributed by atoms with Gasteiger partial charge in [0.25, 0.3) is 6.43 Å². The van der Waals surface area contributed by atoms with E-state index in [2.05, 4.69) is 25.3 Å². The lowest BCUT2D eigenvalue weighted by Gasteiger charge is -2.13. The van der Waals surface area contributed by atoms with Gasteiger partial charge in [0, 0.05) is 30.4 Å². The molecule has 0 spiro atoms. The maximum absolute atomic E-state index is 13.5. The number of nitrogens with zero attached hydrogens (tertiary/aromatic N) is 2. The molecule has 9 nitrogen and oxygen atoms in total. The summed E-state index contributed by atoms with van der Waals surface area (Å²) < 4.78 is 42.1. The number of ether oxygens (including phenoxy) is 3. The van der Waals surface area contributed by atoms with Gasteiger partial charge in [0.05, 0.1) is 27.0 Å². The molecule has 3 aromatic rings. The van der Waals surface area contributed by atoms with Gasteiger partial charge in [-0.15, -0.1) is 0 Å². The van der Waals surface area contributed by atoms with Crippen molar-refractivity contribution in [3.63, 3.8) is 0 Å². The second-order valence-electron chi connectivity index (χ2n) is 6.82. The number of anilines is 4. The summed E-state index contributed by atoms with van der Waals surface area (Å²) in [5.74, 6) is 1.13. The van der Waals surface area contributed by atoms with E-state index in [4.69, 9.17) is 15.2 Å². The van der Waals surface area contributed by atoms with Crippen LogP contribution in [0, 0.1) is 0 Å². The molecule has 0 fully saturated rings. The van der Waals surface area contributed by atoms with E-state index >= 15 is 0 Å². The first kappa shape index (κ1) is 23.5. The molecule has 0 unspecified atom stereocenters. The third-order valence-electron chi connectivity index (χ3n) is 4.58. The molecule has 2 heterocycles. The minimum absolute atomic E-state index is 0.0911. The van der Waals surface area contributed by atoms with Crippen LogP contribution < -0.4 is 25.8 Å². The Morgan fingerprint density at radius 2 is 1.67 bits per heavy atom. The van der Waals surface area contributed by atoms with Gasteiger partial charge in [-0.1, -0.05) is 0 Å². The monoisotopic (exact) mass is 459 g/mol. The number of aromatic nitrogens is 2. The average molecular weight is 459 g/mol. The predicted octanol–water partition coefficient (Wildman–Crippen LogP) is 4.16. The fraction of sp³-hybridized carbons (Fsp3) is 0.227. The number of hydrogen-bond acceptors (Lipinski definition) is 9. The lowest BCUT2D eigenvalue weighted by Crippen LogP contribution is -2.08. The third kappa shape index (κ3) is 5.97. The lowest BCUT2D eigenvalue weighted by molar-refractivity contribution is 0.0601. The molecule has 0 saturated heterocycles. The summed E-state index contributed by atoms with van der Waals surface area (Å²) in [7, 11) is 4.30. The van der Waals surface area contributed by atoms with Crippen LogP contribution in [0.4, 0.5) is 31.9 Å². The minimum atomic E-state index is -2.72. The van der Waals surface area contributed by atoms with Gasteiger partial charge in [0.1, 0.15) is 34.5 Å². The van der Waals surface area contributed by atoms with E-state index in [9.17, 15) is 13.6 Å². The number of carbonyl (C=O) groups excluding carboxylic acids is 1. The van der Waals surface area contributed by atoms with E-state index in [-0.39, 0.29) is 40.8 Å². The van der Waals surface area contributed by atoms with Crippen LogP contribution in [0.25, 0.3) is 0 Å². The second-order valence-corrected chi connectivity index (χ2v) is 6.82. The van der Waals surface area contributed by atoms with Crippen molar-refractivity contribution in [1.82, 2.24) is 9.97 Å². The molecule has 174 valence electrons. The van der Waals surface area contributed by atoms with Crippen molar-refractivity contribution >= 4 is 29.1 Å². The molecule has 2 aromatic heterocycles. The zero-order valence-corrected chi connectivity index (χ0v) is 18.2. The van der Waals surface area contributed by atoms with Gasteiger partial charge in [-0.05, 0) is 29.8 Å². The average Bonchev–Trinajstić information content (AvgIpc) is 2.81. The second kappa shape index (κ2) is 10.4. The van der Waals surface area contributed by atoms with Crippen molar-refractivity contribution in [2.24, 2.45) is 0 Å². The molecule has 0 radical (unpaired) electrons. The van der Waals surface area contributed by atoms with E-state index in [1.54, 1.807) is 18.2 Å². The number of hydrogen-bond donors (Lipinski definition) is 3. The van der Waals surface area contributed by atoms with E-state index in [0.29, 0.717) is 11.5 Å². The summed E-state index contributed by atoms with van der Waals surface area (Å²) in [6.45, 7) is 0.283. The van der Waals surface area contributed by atoms with Crippen LogP contribution in [0.5, 0.6) is 11.5 Å². The number of benzene rings is 1. The van der Waals surface area contributed by atoms with Crippen molar-refractivity contribution in [3.8, 4) is 11.5 Å². The van der Waals surface area contributed by atoms with Crippen LogP contribution in [-0.2, 0) is 11.3 Å². The fourth-order valence-corrected chi connectivity index (χ4v) is 2.94. The summed E-state index contributed by atoms with van der Waals surface area (Å²) >= 11 is 0. The maximum Gasteiger partial charge on any atom is 0.341 e. The number of nitrogens with one attached hydrogen (secondary N) is 2. The molecule has 33 heavy (non-hydrogen) atoms. The molecule has 0 saturated carbocycles. The molecule has 0 aliphatic carbocycles. The van der Waals surface area contributed by atoms with Crippen molar-refractivity contribution < 1.29 is 27.8 Å². The van der Waals surface area contributed by atoms with Gasteiger partial charge in [-0.3, -0.25) is 0 Å². The normalized spacial score (nSPS) is 10.6. The third-order valence-corrected chi connectivity index (χ3v) is 4.58. The number of methoxy groups -OCH3 is 3. The Morgan fingerprint density at radius 3 is 2.24 bits per heavy atom. The van der Waals surface area contributed by atoms with Gasteiger partial charge in [0.2, 0.25) is 0 Å². The van der Waals surface area contributed by atoms with Crippen LogP contribution in [0.2, 0.25) is 0 Å². The zero-order chi connectivity index (χ0) is 24.0. The first-order valence-corrected chi connectivity index (χ1v) is 9.69. The van der Waals surface area contributed by atoms with Crippen molar-refractivity contribution in [1.29, 1.82) is 0 Å². The van der Waals surface area contributed by atoms with Crippen LogP contribution in [0.3, 0.4) is 0 Å². The highest BCUT2D eigenvalue weighted by atomic mass is 19.3. The van der Waals surface area contributed by atoms with Crippen molar-refractivity contribution in [3.05, 3.63) is 59.3 Å². The predicted molar refractivity (Wildman–Crippen MR) is 119 cm³/mol. The van der Waals surface area contributed by atoms with Gasteiger partial charge < -0.3 is 30.6 Å². The maximum atomic E-state index is 13.5. The Balaban J connectivity index is 1.83. The van der Waals surface area contributed by atoms with Crippen LogP contribution in [0.1, 0.15) is 27.9 Å². The summed E-state index contributed by atoms with van der Waals surface area (Å²) in [6, 6.07) is 9.16.